The van der Waals surface area contributed by atoms with Crippen LogP contribution >= 0.6 is 0 Å². The van der Waals surface area contributed by atoms with Gasteiger partial charge in [0, 0.05) is 18.9 Å². The molecule has 1 atom stereocenters. The molecule has 0 aliphatic rings. The van der Waals surface area contributed by atoms with Crippen molar-refractivity contribution in [3.63, 3.8) is 0 Å². The summed E-state index contributed by atoms with van der Waals surface area (Å²) in [6.45, 7) is 0. The van der Waals surface area contributed by atoms with Crippen molar-refractivity contribution in [3.05, 3.63) is 53.9 Å². The number of aliphatic carboxylic acids is 1. The second kappa shape index (κ2) is 4.33. The molecule has 0 amide bonds. The highest BCUT2D eigenvalue weighted by molar-refractivity contribution is 5.80. The van der Waals surface area contributed by atoms with Gasteiger partial charge in [-0.25, -0.2) is 0 Å². The summed E-state index contributed by atoms with van der Waals surface area (Å²) in [4.78, 5) is 11.4. The molecule has 0 spiro atoms. The Bertz CT molecular complexity index is 545. The molecule has 1 unspecified atom stereocenters. The van der Waals surface area contributed by atoms with Crippen LogP contribution in [-0.4, -0.2) is 20.7 Å². The Balaban J connectivity index is 2.50. The van der Waals surface area contributed by atoms with E-state index in [4.69, 9.17) is 0 Å². The molecule has 88 valence electrons. The average molecular weight is 231 g/mol. The largest absolute Gasteiger partial charge is 0.508 e. The van der Waals surface area contributed by atoms with Gasteiger partial charge in [-0.05, 0) is 29.8 Å². The molecule has 2 rings (SSSR count). The van der Waals surface area contributed by atoms with E-state index in [1.54, 1.807) is 42.1 Å². The average Bonchev–Trinajstić information content (AvgIpc) is 2.65. The molecular weight excluding hydrogens is 218 g/mol. The molecule has 0 bridgehead atoms. The first kappa shape index (κ1) is 11.3. The summed E-state index contributed by atoms with van der Waals surface area (Å²) in [5.41, 5.74) is 1.25. The van der Waals surface area contributed by atoms with E-state index in [-0.39, 0.29) is 5.75 Å². The van der Waals surface area contributed by atoms with Crippen LogP contribution in [0.15, 0.2) is 42.6 Å². The molecule has 0 fully saturated rings. The Kier molecular flexibility index (Phi) is 2.87. The first-order chi connectivity index (χ1) is 8.09. The zero-order chi connectivity index (χ0) is 12.4. The predicted octanol–water partition coefficient (Wildman–Crippen LogP) is 1.95. The van der Waals surface area contributed by atoms with Crippen molar-refractivity contribution in [1.29, 1.82) is 0 Å². The van der Waals surface area contributed by atoms with Gasteiger partial charge in [-0.15, -0.1) is 0 Å². The number of carboxylic acid groups (broad SMARTS) is 1. The van der Waals surface area contributed by atoms with Crippen LogP contribution in [0, 0.1) is 0 Å². The molecule has 4 nitrogen and oxygen atoms in total. The molecule has 1 aromatic heterocycles. The molecule has 17 heavy (non-hydrogen) atoms. The number of phenolic OH excluding ortho intramolecular Hbond substituents is 1. The third-order valence-corrected chi connectivity index (χ3v) is 2.73. The highest BCUT2D eigenvalue weighted by Crippen LogP contribution is 2.27. The van der Waals surface area contributed by atoms with Gasteiger partial charge in [0.1, 0.15) is 11.7 Å². The molecular formula is C13H13NO3. The van der Waals surface area contributed by atoms with E-state index < -0.39 is 11.9 Å². The zero-order valence-corrected chi connectivity index (χ0v) is 9.37. The second-order valence-electron chi connectivity index (χ2n) is 3.91. The lowest BCUT2D eigenvalue weighted by molar-refractivity contribution is -0.137. The number of aromatic nitrogens is 1. The summed E-state index contributed by atoms with van der Waals surface area (Å²) in [5.74, 6) is -1.62. The molecule has 1 heterocycles. The maximum Gasteiger partial charge on any atom is 0.317 e. The number of aromatic hydroxyl groups is 1. The Morgan fingerprint density at radius 3 is 2.59 bits per heavy atom. The molecule has 0 saturated heterocycles. The van der Waals surface area contributed by atoms with Crippen LogP contribution in [0.5, 0.6) is 5.75 Å². The third-order valence-electron chi connectivity index (χ3n) is 2.73. The lowest BCUT2D eigenvalue weighted by atomic mass is 9.95. The van der Waals surface area contributed by atoms with Crippen molar-refractivity contribution in [2.45, 2.75) is 5.92 Å². The van der Waals surface area contributed by atoms with Crippen molar-refractivity contribution in [1.82, 2.24) is 4.57 Å². The summed E-state index contributed by atoms with van der Waals surface area (Å²) in [6, 6.07) is 9.91. The lowest BCUT2D eigenvalue weighted by Gasteiger charge is -2.14. The van der Waals surface area contributed by atoms with Gasteiger partial charge in [0.25, 0.3) is 0 Å². The summed E-state index contributed by atoms with van der Waals surface area (Å²) in [5, 5.41) is 18.7. The van der Waals surface area contributed by atoms with Gasteiger partial charge in [0.05, 0.1) is 0 Å². The van der Waals surface area contributed by atoms with Gasteiger partial charge >= 0.3 is 5.97 Å². The van der Waals surface area contributed by atoms with Crippen LogP contribution < -0.4 is 0 Å². The van der Waals surface area contributed by atoms with E-state index >= 15 is 0 Å². The highest BCUT2D eigenvalue weighted by atomic mass is 16.4. The summed E-state index contributed by atoms with van der Waals surface area (Å²) in [6.07, 6.45) is 1.80. The fourth-order valence-corrected chi connectivity index (χ4v) is 1.92. The molecule has 1 aromatic carbocycles. The van der Waals surface area contributed by atoms with Crippen molar-refractivity contribution in [2.24, 2.45) is 7.05 Å². The molecule has 0 saturated carbocycles. The van der Waals surface area contributed by atoms with Gasteiger partial charge in [-0.1, -0.05) is 12.1 Å². The van der Waals surface area contributed by atoms with Gasteiger partial charge in [-0.3, -0.25) is 4.79 Å². The zero-order valence-electron chi connectivity index (χ0n) is 9.37. The third kappa shape index (κ3) is 2.15. The van der Waals surface area contributed by atoms with Crippen LogP contribution in [0.2, 0.25) is 0 Å². The van der Waals surface area contributed by atoms with Crippen LogP contribution in [0.1, 0.15) is 17.2 Å². The van der Waals surface area contributed by atoms with E-state index in [1.165, 1.54) is 12.1 Å². The van der Waals surface area contributed by atoms with Crippen LogP contribution in [-0.2, 0) is 11.8 Å². The first-order valence-electron chi connectivity index (χ1n) is 5.22. The summed E-state index contributed by atoms with van der Waals surface area (Å²) < 4.78 is 1.77. The quantitative estimate of drug-likeness (QED) is 0.848. The van der Waals surface area contributed by atoms with E-state index in [0.717, 1.165) is 0 Å². The van der Waals surface area contributed by atoms with Crippen LogP contribution in [0.4, 0.5) is 0 Å². The highest BCUT2D eigenvalue weighted by Gasteiger charge is 2.24. The van der Waals surface area contributed by atoms with E-state index in [1.807, 2.05) is 0 Å². The number of aryl methyl sites for hydroxylation is 1. The Morgan fingerprint density at radius 2 is 2.06 bits per heavy atom. The number of benzene rings is 1. The number of nitrogens with zero attached hydrogens (tertiary/aromatic N) is 1. The fourth-order valence-electron chi connectivity index (χ4n) is 1.92. The number of carbonyl (C=O) groups is 1. The van der Waals surface area contributed by atoms with Crippen molar-refractivity contribution in [2.75, 3.05) is 0 Å². The standard InChI is InChI=1S/C13H13NO3/c1-14-7-3-6-11(14)12(13(16)17)9-4-2-5-10(15)8-9/h2-8,12,15H,1H3,(H,16,17). The molecule has 2 N–H and O–H groups in total. The number of hydrogen-bond acceptors (Lipinski definition) is 2. The number of carboxylic acids is 1. The van der Waals surface area contributed by atoms with Crippen LogP contribution in [0.3, 0.4) is 0 Å². The van der Waals surface area contributed by atoms with Gasteiger partial charge in [0.2, 0.25) is 0 Å². The van der Waals surface area contributed by atoms with Crippen molar-refractivity contribution in [3.8, 4) is 5.75 Å². The van der Waals surface area contributed by atoms with Crippen molar-refractivity contribution < 1.29 is 15.0 Å². The molecule has 0 radical (unpaired) electrons. The number of phenols is 1. The topological polar surface area (TPSA) is 62.5 Å². The van der Waals surface area contributed by atoms with Crippen molar-refractivity contribution >= 4 is 5.97 Å². The molecule has 2 aromatic rings. The molecule has 0 aliphatic carbocycles. The van der Waals surface area contributed by atoms with Gasteiger partial charge in [-0.2, -0.15) is 0 Å². The minimum Gasteiger partial charge on any atom is -0.508 e. The minimum absolute atomic E-state index is 0.0722. The Hall–Kier alpha value is -2.23. The van der Waals surface area contributed by atoms with E-state index in [0.29, 0.717) is 11.3 Å². The first-order valence-corrected chi connectivity index (χ1v) is 5.22. The lowest BCUT2D eigenvalue weighted by Crippen LogP contribution is -2.15. The Morgan fingerprint density at radius 1 is 1.29 bits per heavy atom. The van der Waals surface area contributed by atoms with Crippen LogP contribution in [0.25, 0.3) is 0 Å². The summed E-state index contributed by atoms with van der Waals surface area (Å²) >= 11 is 0. The number of hydrogen-bond donors (Lipinski definition) is 2. The second-order valence-corrected chi connectivity index (χ2v) is 3.91. The maximum absolute atomic E-state index is 11.4. The Labute approximate surface area is 98.8 Å². The predicted molar refractivity (Wildman–Crippen MR) is 63.0 cm³/mol. The molecule has 4 heteroatoms. The maximum atomic E-state index is 11.4. The smallest absolute Gasteiger partial charge is 0.317 e. The molecule has 0 aliphatic heterocycles. The number of rotatable bonds is 3. The fraction of sp³-hybridized carbons (Fsp3) is 0.154. The van der Waals surface area contributed by atoms with Gasteiger partial charge in [0.15, 0.2) is 0 Å². The summed E-state index contributed by atoms with van der Waals surface area (Å²) in [7, 11) is 1.80. The normalized spacial score (nSPS) is 12.3. The van der Waals surface area contributed by atoms with E-state index in [9.17, 15) is 15.0 Å². The minimum atomic E-state index is -0.933. The van der Waals surface area contributed by atoms with Gasteiger partial charge < -0.3 is 14.8 Å². The monoisotopic (exact) mass is 231 g/mol. The SMILES string of the molecule is Cn1cccc1C(C(=O)O)c1cccc(O)c1. The van der Waals surface area contributed by atoms with E-state index in [2.05, 4.69) is 0 Å².